The van der Waals surface area contributed by atoms with Crippen LogP contribution in [0.3, 0.4) is 0 Å². The third-order valence-corrected chi connectivity index (χ3v) is 4.68. The van der Waals surface area contributed by atoms with E-state index in [2.05, 4.69) is 5.32 Å². The molecule has 1 saturated heterocycles. The molecule has 1 aliphatic rings. The lowest BCUT2D eigenvalue weighted by atomic mass is 10.2. The number of hydrogen-bond donors (Lipinski definition) is 1. The minimum absolute atomic E-state index is 0.0493. The van der Waals surface area contributed by atoms with E-state index >= 15 is 0 Å². The van der Waals surface area contributed by atoms with Gasteiger partial charge in [0.2, 0.25) is 0 Å². The van der Waals surface area contributed by atoms with Gasteiger partial charge in [-0.05, 0) is 35.5 Å². The normalized spacial score (nSPS) is 15.5. The zero-order valence-corrected chi connectivity index (χ0v) is 14.8. The van der Waals surface area contributed by atoms with Gasteiger partial charge in [0.15, 0.2) is 0 Å². The Bertz CT molecular complexity index is 932. The van der Waals surface area contributed by atoms with Crippen LogP contribution >= 0.6 is 11.8 Å². The van der Waals surface area contributed by atoms with E-state index in [4.69, 9.17) is 0 Å². The molecule has 1 aliphatic heterocycles. The van der Waals surface area contributed by atoms with Crippen LogP contribution in [0.4, 0.5) is 13.6 Å². The van der Waals surface area contributed by atoms with Crippen LogP contribution in [0.5, 0.6) is 0 Å². The summed E-state index contributed by atoms with van der Waals surface area (Å²) in [5, 5.41) is 1.98. The largest absolute Gasteiger partial charge is 0.350 e. The highest BCUT2D eigenvalue weighted by molar-refractivity contribution is 8.18. The fourth-order valence-corrected chi connectivity index (χ4v) is 3.31. The van der Waals surface area contributed by atoms with Crippen molar-refractivity contribution in [3.8, 4) is 0 Å². The molecule has 0 spiro atoms. The Morgan fingerprint density at radius 3 is 2.56 bits per heavy atom. The molecule has 27 heavy (non-hydrogen) atoms. The van der Waals surface area contributed by atoms with E-state index in [9.17, 15) is 23.2 Å². The van der Waals surface area contributed by atoms with Gasteiger partial charge in [0.25, 0.3) is 17.1 Å². The fourth-order valence-electron chi connectivity index (χ4n) is 2.44. The molecular formula is C19H14F2N2O3S. The van der Waals surface area contributed by atoms with Crippen LogP contribution in [0.25, 0.3) is 6.08 Å². The molecule has 2 aromatic carbocycles. The van der Waals surface area contributed by atoms with E-state index in [1.165, 1.54) is 0 Å². The van der Waals surface area contributed by atoms with Gasteiger partial charge >= 0.3 is 0 Å². The van der Waals surface area contributed by atoms with Crippen LogP contribution in [0.2, 0.25) is 0 Å². The Hall–Kier alpha value is -3.00. The quantitative estimate of drug-likeness (QED) is 0.797. The van der Waals surface area contributed by atoms with Crippen molar-refractivity contribution in [2.45, 2.75) is 0 Å². The minimum Gasteiger partial charge on any atom is -0.350 e. The Morgan fingerprint density at radius 2 is 1.85 bits per heavy atom. The predicted molar refractivity (Wildman–Crippen MR) is 97.8 cm³/mol. The number of benzene rings is 2. The highest BCUT2D eigenvalue weighted by atomic mass is 32.2. The summed E-state index contributed by atoms with van der Waals surface area (Å²) in [5.41, 5.74) is 0.484. The molecule has 0 saturated carbocycles. The van der Waals surface area contributed by atoms with Crippen molar-refractivity contribution >= 4 is 34.9 Å². The monoisotopic (exact) mass is 388 g/mol. The molecule has 1 fully saturated rings. The summed E-state index contributed by atoms with van der Waals surface area (Å²) in [7, 11) is 0. The summed E-state index contributed by atoms with van der Waals surface area (Å²) in [5.74, 6) is -2.97. The molecule has 0 bridgehead atoms. The van der Waals surface area contributed by atoms with Gasteiger partial charge in [-0.1, -0.05) is 30.3 Å². The lowest BCUT2D eigenvalue weighted by Crippen LogP contribution is -2.37. The van der Waals surface area contributed by atoms with Gasteiger partial charge < -0.3 is 5.32 Å². The summed E-state index contributed by atoms with van der Waals surface area (Å²) >= 11 is 0.820. The summed E-state index contributed by atoms with van der Waals surface area (Å²) in [6.07, 6.45) is 1.62. The Kier molecular flexibility index (Phi) is 5.66. The first-order valence-corrected chi connectivity index (χ1v) is 8.81. The maximum Gasteiger partial charge on any atom is 0.293 e. The van der Waals surface area contributed by atoms with Crippen molar-refractivity contribution in [1.29, 1.82) is 0 Å². The van der Waals surface area contributed by atoms with Crippen molar-refractivity contribution in [3.63, 3.8) is 0 Å². The second-order valence-electron chi connectivity index (χ2n) is 5.62. The van der Waals surface area contributed by atoms with E-state index in [0.717, 1.165) is 34.4 Å². The van der Waals surface area contributed by atoms with Crippen LogP contribution in [0, 0.1) is 11.6 Å². The molecular weight excluding hydrogens is 374 g/mol. The number of thioether (sulfide) groups is 1. The number of rotatable bonds is 5. The van der Waals surface area contributed by atoms with Crippen LogP contribution in [0.1, 0.15) is 15.9 Å². The third-order valence-electron chi connectivity index (χ3n) is 3.77. The van der Waals surface area contributed by atoms with Crippen LogP contribution < -0.4 is 5.32 Å². The molecule has 0 unspecified atom stereocenters. The van der Waals surface area contributed by atoms with E-state index in [0.29, 0.717) is 11.0 Å². The summed E-state index contributed by atoms with van der Waals surface area (Å²) in [6, 6.07) is 11.7. The molecule has 138 valence electrons. The van der Waals surface area contributed by atoms with Gasteiger partial charge in [0.05, 0.1) is 10.5 Å². The third kappa shape index (κ3) is 4.40. The predicted octanol–water partition coefficient (Wildman–Crippen LogP) is 3.43. The van der Waals surface area contributed by atoms with E-state index in [1.54, 1.807) is 6.08 Å². The Balaban J connectivity index is 1.59. The van der Waals surface area contributed by atoms with Gasteiger partial charge in [0.1, 0.15) is 11.6 Å². The maximum absolute atomic E-state index is 13.6. The number of nitrogens with one attached hydrogen (secondary N) is 1. The topological polar surface area (TPSA) is 66.5 Å². The summed E-state index contributed by atoms with van der Waals surface area (Å²) in [6.45, 7) is -0.0995. The number of amides is 3. The van der Waals surface area contributed by atoms with Gasteiger partial charge in [0, 0.05) is 19.2 Å². The molecule has 5 nitrogen and oxygen atoms in total. The van der Waals surface area contributed by atoms with Crippen LogP contribution in [-0.2, 0) is 4.79 Å². The SMILES string of the molecule is O=C(NCCN1C(=O)SC(=Cc2ccccc2)C1=O)c1ccc(F)cc1F. The van der Waals surface area contributed by atoms with Crippen molar-refractivity contribution < 1.29 is 23.2 Å². The maximum atomic E-state index is 13.6. The summed E-state index contributed by atoms with van der Waals surface area (Å²) < 4.78 is 26.5. The highest BCUT2D eigenvalue weighted by Gasteiger charge is 2.34. The van der Waals surface area contributed by atoms with E-state index < -0.39 is 28.7 Å². The molecule has 1 N–H and O–H groups in total. The molecule has 0 radical (unpaired) electrons. The molecule has 8 heteroatoms. The Labute approximate surface area is 158 Å². The second kappa shape index (κ2) is 8.13. The molecule has 0 aliphatic carbocycles. The zero-order valence-electron chi connectivity index (χ0n) is 13.9. The number of halogens is 2. The molecule has 3 rings (SSSR count). The van der Waals surface area contributed by atoms with Gasteiger partial charge in [-0.2, -0.15) is 0 Å². The molecule has 0 aromatic heterocycles. The van der Waals surface area contributed by atoms with Crippen LogP contribution in [0.15, 0.2) is 53.4 Å². The number of imide groups is 1. The van der Waals surface area contributed by atoms with Crippen molar-refractivity contribution in [1.82, 2.24) is 10.2 Å². The second-order valence-corrected chi connectivity index (χ2v) is 6.62. The van der Waals surface area contributed by atoms with Crippen molar-refractivity contribution in [2.75, 3.05) is 13.1 Å². The number of carbonyl (C=O) groups excluding carboxylic acids is 3. The van der Waals surface area contributed by atoms with Crippen LogP contribution in [-0.4, -0.2) is 35.0 Å². The van der Waals surface area contributed by atoms with Gasteiger partial charge in [-0.3, -0.25) is 19.3 Å². The van der Waals surface area contributed by atoms with E-state index in [1.807, 2.05) is 30.3 Å². The number of hydrogen-bond acceptors (Lipinski definition) is 4. The lowest BCUT2D eigenvalue weighted by molar-refractivity contribution is -0.122. The average molecular weight is 388 g/mol. The Morgan fingerprint density at radius 1 is 1.11 bits per heavy atom. The molecule has 0 atom stereocenters. The lowest BCUT2D eigenvalue weighted by Gasteiger charge is -2.13. The minimum atomic E-state index is -0.982. The zero-order chi connectivity index (χ0) is 19.4. The number of carbonyl (C=O) groups is 3. The van der Waals surface area contributed by atoms with Crippen molar-refractivity contribution in [2.24, 2.45) is 0 Å². The van der Waals surface area contributed by atoms with Gasteiger partial charge in [-0.25, -0.2) is 8.78 Å². The molecule has 3 amide bonds. The fraction of sp³-hybridized carbons (Fsp3) is 0.105. The number of nitrogens with zero attached hydrogens (tertiary/aromatic N) is 1. The molecule has 1 heterocycles. The first kappa shape index (κ1) is 18.8. The summed E-state index contributed by atoms with van der Waals surface area (Å²) in [4.78, 5) is 37.6. The first-order valence-electron chi connectivity index (χ1n) is 7.99. The smallest absolute Gasteiger partial charge is 0.293 e. The molecule has 2 aromatic rings. The standard InChI is InChI=1S/C19H14F2N2O3S/c20-13-6-7-14(15(21)11-13)17(24)22-8-9-23-18(25)16(27-19(23)26)10-12-4-2-1-3-5-12/h1-7,10-11H,8-9H2,(H,22,24). The average Bonchev–Trinajstić information content (AvgIpc) is 2.89. The first-order chi connectivity index (χ1) is 13.0. The van der Waals surface area contributed by atoms with Gasteiger partial charge in [-0.15, -0.1) is 0 Å². The van der Waals surface area contributed by atoms with Crippen molar-refractivity contribution in [3.05, 3.63) is 76.2 Å². The highest BCUT2D eigenvalue weighted by Crippen LogP contribution is 2.31. The van der Waals surface area contributed by atoms with E-state index in [-0.39, 0.29) is 18.7 Å².